The van der Waals surface area contributed by atoms with Gasteiger partial charge in [0, 0.05) is 18.0 Å². The van der Waals surface area contributed by atoms with E-state index in [1.807, 2.05) is 0 Å². The molecular weight excluding hydrogens is 176 g/mol. The Morgan fingerprint density at radius 1 is 1.29 bits per heavy atom. The normalized spacial score (nSPS) is 25.8. The Morgan fingerprint density at radius 2 is 1.93 bits per heavy atom. The highest BCUT2D eigenvalue weighted by atomic mass is 16.1. The minimum Gasteiger partial charge on any atom is -0.353 e. The summed E-state index contributed by atoms with van der Waals surface area (Å²) in [7, 11) is 0. The number of nitrogens with one attached hydrogen (secondary N) is 1. The molecule has 80 valence electrons. The highest BCUT2D eigenvalue weighted by Crippen LogP contribution is 2.29. The number of carbonyl (C=O) groups excluding carboxylic acids is 1. The zero-order chi connectivity index (χ0) is 10.0. The van der Waals surface area contributed by atoms with Crippen LogP contribution < -0.4 is 11.1 Å². The lowest BCUT2D eigenvalue weighted by atomic mass is 9.80. The van der Waals surface area contributed by atoms with E-state index in [1.54, 1.807) is 0 Å². The Hall–Kier alpha value is -0.570. The number of amides is 1. The van der Waals surface area contributed by atoms with E-state index in [0.717, 1.165) is 25.7 Å². The zero-order valence-corrected chi connectivity index (χ0v) is 8.72. The van der Waals surface area contributed by atoms with Crippen LogP contribution in [-0.4, -0.2) is 17.5 Å². The summed E-state index contributed by atoms with van der Waals surface area (Å²) in [5, 5.41) is 3.01. The summed E-state index contributed by atoms with van der Waals surface area (Å²) >= 11 is 0. The van der Waals surface area contributed by atoms with Gasteiger partial charge in [-0.15, -0.1) is 0 Å². The van der Waals surface area contributed by atoms with Crippen LogP contribution in [0.3, 0.4) is 0 Å². The highest BCUT2D eigenvalue weighted by molar-refractivity contribution is 5.77. The number of rotatable bonds is 3. The maximum Gasteiger partial charge on any atom is 0.222 e. The molecule has 0 aromatic rings. The smallest absolute Gasteiger partial charge is 0.222 e. The van der Waals surface area contributed by atoms with Gasteiger partial charge in [-0.3, -0.25) is 4.79 Å². The van der Waals surface area contributed by atoms with Crippen molar-refractivity contribution in [2.45, 2.75) is 62.9 Å². The van der Waals surface area contributed by atoms with E-state index < -0.39 is 0 Å². The van der Waals surface area contributed by atoms with Crippen molar-refractivity contribution in [2.24, 2.45) is 5.73 Å². The van der Waals surface area contributed by atoms with Crippen LogP contribution in [0.2, 0.25) is 0 Å². The number of hydrogen-bond donors (Lipinski definition) is 2. The van der Waals surface area contributed by atoms with Crippen molar-refractivity contribution >= 4 is 5.91 Å². The summed E-state index contributed by atoms with van der Waals surface area (Å²) in [5.74, 6) is 0.164. The van der Waals surface area contributed by atoms with E-state index in [2.05, 4.69) is 5.32 Å². The van der Waals surface area contributed by atoms with Gasteiger partial charge in [-0.2, -0.15) is 0 Å². The summed E-state index contributed by atoms with van der Waals surface area (Å²) in [4.78, 5) is 11.6. The van der Waals surface area contributed by atoms with E-state index in [-0.39, 0.29) is 11.4 Å². The van der Waals surface area contributed by atoms with Crippen molar-refractivity contribution in [3.8, 4) is 0 Å². The summed E-state index contributed by atoms with van der Waals surface area (Å²) < 4.78 is 0. The van der Waals surface area contributed by atoms with E-state index in [1.165, 1.54) is 19.3 Å². The predicted octanol–water partition coefficient (Wildman–Crippen LogP) is 1.32. The molecule has 0 saturated heterocycles. The SMILES string of the molecule is NC1(CC(=O)NC2CC2)CCCCC1. The zero-order valence-electron chi connectivity index (χ0n) is 8.72. The Morgan fingerprint density at radius 3 is 2.50 bits per heavy atom. The van der Waals surface area contributed by atoms with Gasteiger partial charge in [-0.25, -0.2) is 0 Å². The van der Waals surface area contributed by atoms with Crippen molar-refractivity contribution in [3.05, 3.63) is 0 Å². The third-order valence-electron chi connectivity index (χ3n) is 3.30. The van der Waals surface area contributed by atoms with Gasteiger partial charge < -0.3 is 11.1 Å². The number of carbonyl (C=O) groups is 1. The molecule has 3 N–H and O–H groups in total. The van der Waals surface area contributed by atoms with Crippen molar-refractivity contribution in [1.29, 1.82) is 0 Å². The molecule has 0 atom stereocenters. The molecule has 0 aromatic heterocycles. The minimum atomic E-state index is -0.197. The van der Waals surface area contributed by atoms with Crippen molar-refractivity contribution < 1.29 is 4.79 Å². The van der Waals surface area contributed by atoms with Gasteiger partial charge in [0.15, 0.2) is 0 Å². The standard InChI is InChI=1S/C11H20N2O/c12-11(6-2-1-3-7-11)8-10(14)13-9-4-5-9/h9H,1-8,12H2,(H,13,14). The largest absolute Gasteiger partial charge is 0.353 e. The molecule has 2 aliphatic carbocycles. The molecule has 3 heteroatoms. The monoisotopic (exact) mass is 196 g/mol. The second-order valence-electron chi connectivity index (χ2n) is 4.94. The van der Waals surface area contributed by atoms with E-state index in [0.29, 0.717) is 12.5 Å². The van der Waals surface area contributed by atoms with Gasteiger partial charge in [0.25, 0.3) is 0 Å². The second-order valence-corrected chi connectivity index (χ2v) is 4.94. The third-order valence-corrected chi connectivity index (χ3v) is 3.30. The lowest BCUT2D eigenvalue weighted by Crippen LogP contribution is -2.46. The first kappa shape index (κ1) is 9.97. The Kier molecular flexibility index (Phi) is 2.77. The predicted molar refractivity (Wildman–Crippen MR) is 55.8 cm³/mol. The lowest BCUT2D eigenvalue weighted by molar-refractivity contribution is -0.122. The molecule has 3 nitrogen and oxygen atoms in total. The summed E-state index contributed by atoms with van der Waals surface area (Å²) in [6.07, 6.45) is 8.54. The Bertz CT molecular complexity index is 217. The molecule has 2 rings (SSSR count). The minimum absolute atomic E-state index is 0.164. The van der Waals surface area contributed by atoms with Gasteiger partial charge in [0.05, 0.1) is 0 Å². The van der Waals surface area contributed by atoms with Gasteiger partial charge in [0.1, 0.15) is 0 Å². The molecule has 2 fully saturated rings. The molecule has 0 aliphatic heterocycles. The molecule has 0 spiro atoms. The van der Waals surface area contributed by atoms with Gasteiger partial charge >= 0.3 is 0 Å². The molecule has 0 radical (unpaired) electrons. The first-order valence-electron chi connectivity index (χ1n) is 5.76. The van der Waals surface area contributed by atoms with Crippen LogP contribution in [0.1, 0.15) is 51.4 Å². The van der Waals surface area contributed by atoms with Crippen LogP contribution in [0, 0.1) is 0 Å². The highest BCUT2D eigenvalue weighted by Gasteiger charge is 2.32. The van der Waals surface area contributed by atoms with Gasteiger partial charge in [-0.1, -0.05) is 19.3 Å². The molecular formula is C11H20N2O. The van der Waals surface area contributed by atoms with Gasteiger partial charge in [-0.05, 0) is 25.7 Å². The average Bonchev–Trinajstić information content (AvgIpc) is 2.88. The second kappa shape index (κ2) is 3.89. The fourth-order valence-electron chi connectivity index (χ4n) is 2.26. The van der Waals surface area contributed by atoms with Crippen LogP contribution in [0.5, 0.6) is 0 Å². The van der Waals surface area contributed by atoms with E-state index in [9.17, 15) is 4.79 Å². The topological polar surface area (TPSA) is 55.1 Å². The molecule has 2 aliphatic rings. The first-order valence-corrected chi connectivity index (χ1v) is 5.76. The molecule has 2 saturated carbocycles. The quantitative estimate of drug-likeness (QED) is 0.715. The lowest BCUT2D eigenvalue weighted by Gasteiger charge is -2.32. The summed E-state index contributed by atoms with van der Waals surface area (Å²) in [5.41, 5.74) is 6.00. The molecule has 1 amide bonds. The van der Waals surface area contributed by atoms with Crippen LogP contribution in [0.25, 0.3) is 0 Å². The van der Waals surface area contributed by atoms with E-state index >= 15 is 0 Å². The maximum atomic E-state index is 11.6. The molecule has 0 bridgehead atoms. The van der Waals surface area contributed by atoms with Crippen LogP contribution >= 0.6 is 0 Å². The van der Waals surface area contributed by atoms with E-state index in [4.69, 9.17) is 5.73 Å². The Labute approximate surface area is 85.4 Å². The van der Waals surface area contributed by atoms with Gasteiger partial charge in [0.2, 0.25) is 5.91 Å². The number of nitrogens with two attached hydrogens (primary N) is 1. The van der Waals surface area contributed by atoms with Crippen molar-refractivity contribution in [3.63, 3.8) is 0 Å². The van der Waals surface area contributed by atoms with Crippen molar-refractivity contribution in [1.82, 2.24) is 5.32 Å². The molecule has 14 heavy (non-hydrogen) atoms. The maximum absolute atomic E-state index is 11.6. The molecule has 0 heterocycles. The number of hydrogen-bond acceptors (Lipinski definition) is 2. The fourth-order valence-corrected chi connectivity index (χ4v) is 2.26. The first-order chi connectivity index (χ1) is 6.68. The fraction of sp³-hybridized carbons (Fsp3) is 0.909. The van der Waals surface area contributed by atoms with Crippen LogP contribution in [0.4, 0.5) is 0 Å². The summed E-state index contributed by atoms with van der Waals surface area (Å²) in [6.45, 7) is 0. The summed E-state index contributed by atoms with van der Waals surface area (Å²) in [6, 6.07) is 0.467. The Balaban J connectivity index is 1.78. The van der Waals surface area contributed by atoms with Crippen LogP contribution in [0.15, 0.2) is 0 Å². The average molecular weight is 196 g/mol. The third kappa shape index (κ3) is 2.71. The molecule has 0 unspecified atom stereocenters. The van der Waals surface area contributed by atoms with Crippen LogP contribution in [-0.2, 0) is 4.79 Å². The molecule has 0 aromatic carbocycles. The van der Waals surface area contributed by atoms with Crippen molar-refractivity contribution in [2.75, 3.05) is 0 Å².